The van der Waals surface area contributed by atoms with E-state index in [2.05, 4.69) is 6.58 Å². The van der Waals surface area contributed by atoms with E-state index in [9.17, 15) is 24.6 Å². The number of fused-ring (bicyclic) bond motifs is 3. The van der Waals surface area contributed by atoms with E-state index < -0.39 is 54.2 Å². The molecule has 0 spiro atoms. The minimum atomic E-state index is -1.68. The van der Waals surface area contributed by atoms with Crippen LogP contribution >= 0.6 is 0 Å². The van der Waals surface area contributed by atoms with Crippen LogP contribution in [0.1, 0.15) is 40.0 Å². The van der Waals surface area contributed by atoms with Crippen molar-refractivity contribution in [3.05, 3.63) is 35.1 Å². The molecule has 176 valence electrons. The van der Waals surface area contributed by atoms with Gasteiger partial charge in [-0.1, -0.05) is 6.58 Å². The van der Waals surface area contributed by atoms with Gasteiger partial charge in [0.2, 0.25) is 0 Å². The molecule has 1 saturated heterocycles. The SMILES string of the molecule is C=C(CO)C(=O)OC1CC(C)(O)C2(OC)CCC(C)(C=C3OC(=O)C(COC(C)=O)=C31)O2. The van der Waals surface area contributed by atoms with Gasteiger partial charge in [0.1, 0.15) is 24.1 Å². The summed E-state index contributed by atoms with van der Waals surface area (Å²) in [6.45, 7) is 6.84. The number of rotatable bonds is 6. The van der Waals surface area contributed by atoms with Crippen molar-refractivity contribution >= 4 is 17.9 Å². The van der Waals surface area contributed by atoms with Crippen molar-refractivity contribution in [2.45, 2.75) is 63.1 Å². The maximum absolute atomic E-state index is 12.6. The second kappa shape index (κ2) is 8.43. The van der Waals surface area contributed by atoms with Crippen molar-refractivity contribution in [1.82, 2.24) is 0 Å². The first-order valence-corrected chi connectivity index (χ1v) is 10.2. The molecule has 0 saturated carbocycles. The molecule has 10 heteroatoms. The van der Waals surface area contributed by atoms with Crippen LogP contribution in [0.3, 0.4) is 0 Å². The van der Waals surface area contributed by atoms with Crippen molar-refractivity contribution in [3.8, 4) is 0 Å². The Morgan fingerprint density at radius 1 is 1.31 bits per heavy atom. The summed E-state index contributed by atoms with van der Waals surface area (Å²) in [5.41, 5.74) is -2.74. The smallest absolute Gasteiger partial charge is 0.343 e. The van der Waals surface area contributed by atoms with Gasteiger partial charge in [-0.15, -0.1) is 0 Å². The van der Waals surface area contributed by atoms with Crippen LogP contribution in [0.4, 0.5) is 0 Å². The summed E-state index contributed by atoms with van der Waals surface area (Å²) < 4.78 is 27.8. The highest BCUT2D eigenvalue weighted by atomic mass is 16.7. The summed E-state index contributed by atoms with van der Waals surface area (Å²) in [4.78, 5) is 36.5. The standard InChI is InChI=1S/C22H28O10/c1-12(10-23)18(25)30-16-9-21(4,27)22(28-5)7-6-20(3,32-22)8-15-17(16)14(19(26)31-15)11-29-13(2)24/h8,16,23,27H,1,6-7,9-11H2,2-5H3. The van der Waals surface area contributed by atoms with E-state index in [4.69, 9.17) is 23.7 Å². The van der Waals surface area contributed by atoms with Crippen LogP contribution in [0.25, 0.3) is 0 Å². The van der Waals surface area contributed by atoms with Crippen molar-refractivity contribution in [2.24, 2.45) is 0 Å². The molecule has 3 heterocycles. The number of ether oxygens (including phenoxy) is 5. The van der Waals surface area contributed by atoms with Crippen LogP contribution in [0.5, 0.6) is 0 Å². The topological polar surface area (TPSA) is 138 Å². The highest BCUT2D eigenvalue weighted by Gasteiger charge is 2.60. The van der Waals surface area contributed by atoms with Gasteiger partial charge in [0.25, 0.3) is 0 Å². The van der Waals surface area contributed by atoms with Crippen LogP contribution in [0, 0.1) is 0 Å². The second-order valence-corrected chi connectivity index (χ2v) is 8.58. The van der Waals surface area contributed by atoms with E-state index in [1.54, 1.807) is 13.0 Å². The quantitative estimate of drug-likeness (QED) is 0.338. The van der Waals surface area contributed by atoms with Gasteiger partial charge >= 0.3 is 17.9 Å². The molecule has 0 amide bonds. The van der Waals surface area contributed by atoms with Gasteiger partial charge in [-0.3, -0.25) is 4.79 Å². The Labute approximate surface area is 185 Å². The van der Waals surface area contributed by atoms with E-state index in [0.717, 1.165) is 0 Å². The lowest BCUT2D eigenvalue weighted by atomic mass is 9.82. The summed E-state index contributed by atoms with van der Waals surface area (Å²) in [5, 5.41) is 20.7. The average Bonchev–Trinajstić information content (AvgIpc) is 3.22. The molecule has 4 unspecified atom stereocenters. The number of aliphatic hydroxyl groups is 2. The predicted octanol–water partition coefficient (Wildman–Crippen LogP) is 0.814. The van der Waals surface area contributed by atoms with Crippen molar-refractivity contribution in [3.63, 3.8) is 0 Å². The summed E-state index contributed by atoms with van der Waals surface area (Å²) in [5.74, 6) is -3.65. The summed E-state index contributed by atoms with van der Waals surface area (Å²) in [7, 11) is 1.41. The fourth-order valence-electron chi connectivity index (χ4n) is 4.26. The molecule has 0 aromatic carbocycles. The fourth-order valence-corrected chi connectivity index (χ4v) is 4.26. The van der Waals surface area contributed by atoms with Gasteiger partial charge in [-0.2, -0.15) is 0 Å². The van der Waals surface area contributed by atoms with Gasteiger partial charge in [0.05, 0.1) is 23.4 Å². The highest BCUT2D eigenvalue weighted by molar-refractivity contribution is 5.96. The van der Waals surface area contributed by atoms with Crippen LogP contribution in [0.15, 0.2) is 35.1 Å². The molecule has 2 bridgehead atoms. The van der Waals surface area contributed by atoms with Gasteiger partial charge in [0.15, 0.2) is 5.79 Å². The first kappa shape index (κ1) is 24.1. The Bertz CT molecular complexity index is 914. The zero-order chi connectivity index (χ0) is 23.9. The van der Waals surface area contributed by atoms with Gasteiger partial charge in [-0.25, -0.2) is 9.59 Å². The van der Waals surface area contributed by atoms with Crippen LogP contribution in [-0.2, 0) is 38.1 Å². The van der Waals surface area contributed by atoms with E-state index in [1.807, 2.05) is 0 Å². The van der Waals surface area contributed by atoms with E-state index in [0.29, 0.717) is 12.8 Å². The highest BCUT2D eigenvalue weighted by Crippen LogP contribution is 2.50. The number of aliphatic hydroxyl groups excluding tert-OH is 1. The van der Waals surface area contributed by atoms with Gasteiger partial charge in [-0.05, 0) is 26.3 Å². The Kier molecular flexibility index (Phi) is 6.36. The zero-order valence-corrected chi connectivity index (χ0v) is 18.6. The van der Waals surface area contributed by atoms with E-state index >= 15 is 0 Å². The van der Waals surface area contributed by atoms with Crippen molar-refractivity contribution < 1.29 is 48.3 Å². The molecule has 0 aromatic rings. The minimum Gasteiger partial charge on any atom is -0.461 e. The minimum absolute atomic E-state index is 0.0255. The summed E-state index contributed by atoms with van der Waals surface area (Å²) >= 11 is 0. The maximum atomic E-state index is 12.6. The number of hydrogen-bond acceptors (Lipinski definition) is 10. The molecule has 2 N–H and O–H groups in total. The first-order chi connectivity index (χ1) is 14.9. The fraction of sp³-hybridized carbons (Fsp3) is 0.591. The van der Waals surface area contributed by atoms with Gasteiger partial charge in [0, 0.05) is 32.4 Å². The number of hydrogen-bond donors (Lipinski definition) is 2. The Balaban J connectivity index is 2.18. The molecular weight excluding hydrogens is 424 g/mol. The first-order valence-electron chi connectivity index (χ1n) is 10.2. The normalized spacial score (nSPS) is 34.0. The molecule has 1 fully saturated rings. The third kappa shape index (κ3) is 4.23. The number of carbonyl (C=O) groups excluding carboxylic acids is 3. The molecule has 3 rings (SSSR count). The molecular formula is C22H28O10. The third-order valence-electron chi connectivity index (χ3n) is 6.03. The average molecular weight is 452 g/mol. The molecule has 0 aromatic heterocycles. The summed E-state index contributed by atoms with van der Waals surface area (Å²) in [6.07, 6.45) is 0.895. The monoisotopic (exact) mass is 452 g/mol. The van der Waals surface area contributed by atoms with Crippen molar-refractivity contribution in [2.75, 3.05) is 20.3 Å². The second-order valence-electron chi connectivity index (χ2n) is 8.58. The Hall–Kier alpha value is -2.53. The van der Waals surface area contributed by atoms with Crippen LogP contribution in [-0.4, -0.2) is 71.5 Å². The molecule has 32 heavy (non-hydrogen) atoms. The van der Waals surface area contributed by atoms with E-state index in [1.165, 1.54) is 21.0 Å². The Morgan fingerprint density at radius 2 is 2.00 bits per heavy atom. The van der Waals surface area contributed by atoms with Crippen LogP contribution in [0.2, 0.25) is 0 Å². The molecule has 10 nitrogen and oxygen atoms in total. The number of methoxy groups -OCH3 is 1. The van der Waals surface area contributed by atoms with Crippen molar-refractivity contribution in [1.29, 1.82) is 0 Å². The Morgan fingerprint density at radius 3 is 2.59 bits per heavy atom. The largest absolute Gasteiger partial charge is 0.461 e. The number of esters is 3. The zero-order valence-electron chi connectivity index (χ0n) is 18.6. The van der Waals surface area contributed by atoms with Gasteiger partial charge < -0.3 is 33.9 Å². The molecule has 3 aliphatic rings. The maximum Gasteiger partial charge on any atom is 0.343 e. The molecule has 3 aliphatic heterocycles. The molecule has 4 atom stereocenters. The van der Waals surface area contributed by atoms with E-state index in [-0.39, 0.29) is 28.9 Å². The molecule has 0 aliphatic carbocycles. The molecule has 0 radical (unpaired) electrons. The predicted molar refractivity (Wildman–Crippen MR) is 108 cm³/mol. The lowest BCUT2D eigenvalue weighted by molar-refractivity contribution is -0.310. The summed E-state index contributed by atoms with van der Waals surface area (Å²) in [6, 6.07) is 0. The lowest BCUT2D eigenvalue weighted by Gasteiger charge is -2.42. The lowest BCUT2D eigenvalue weighted by Crippen LogP contribution is -2.56. The number of carbonyl (C=O) groups is 3. The third-order valence-corrected chi connectivity index (χ3v) is 6.03. The van der Waals surface area contributed by atoms with Crippen LogP contribution < -0.4 is 0 Å².